The average Bonchev–Trinajstić information content (AvgIpc) is 2.98. The SMILES string of the molecule is Cl.NC(N)=NC(=NCc1ccc2c(c1)OCO2)Nc1cc(Cl)cc(Cl)c1. The Balaban J connectivity index is 0.00000243. The van der Waals surface area contributed by atoms with Gasteiger partial charge in [-0.05, 0) is 35.9 Å². The fourth-order valence-electron chi connectivity index (χ4n) is 2.19. The number of hydrogen-bond donors (Lipinski definition) is 3. The van der Waals surface area contributed by atoms with Crippen molar-refractivity contribution >= 4 is 53.2 Å². The van der Waals surface area contributed by atoms with Gasteiger partial charge in [0.15, 0.2) is 17.5 Å². The van der Waals surface area contributed by atoms with Crippen LogP contribution in [0.25, 0.3) is 0 Å². The van der Waals surface area contributed by atoms with Crippen molar-refractivity contribution in [3.8, 4) is 11.5 Å². The lowest BCUT2D eigenvalue weighted by Crippen LogP contribution is -2.26. The number of halogens is 3. The van der Waals surface area contributed by atoms with Crippen molar-refractivity contribution in [2.24, 2.45) is 21.5 Å². The monoisotopic (exact) mass is 415 g/mol. The van der Waals surface area contributed by atoms with Crippen molar-refractivity contribution in [3.05, 3.63) is 52.0 Å². The molecular weight excluding hydrogens is 401 g/mol. The van der Waals surface area contributed by atoms with E-state index in [-0.39, 0.29) is 31.1 Å². The van der Waals surface area contributed by atoms with Gasteiger partial charge in [0.1, 0.15) is 0 Å². The van der Waals surface area contributed by atoms with Crippen LogP contribution in [0.3, 0.4) is 0 Å². The number of nitrogens with two attached hydrogens (primary N) is 2. The van der Waals surface area contributed by atoms with E-state index in [1.807, 2.05) is 18.2 Å². The minimum atomic E-state index is -0.120. The molecule has 0 radical (unpaired) electrons. The molecule has 2 aromatic carbocycles. The summed E-state index contributed by atoms with van der Waals surface area (Å²) < 4.78 is 10.6. The molecule has 0 unspecified atom stereocenters. The van der Waals surface area contributed by atoms with Gasteiger partial charge in [-0.3, -0.25) is 0 Å². The van der Waals surface area contributed by atoms with Crippen LogP contribution in [0, 0.1) is 0 Å². The number of aliphatic imine (C=N–C) groups is 2. The molecule has 5 N–H and O–H groups in total. The van der Waals surface area contributed by atoms with Gasteiger partial charge < -0.3 is 26.3 Å². The van der Waals surface area contributed by atoms with Gasteiger partial charge in [-0.15, -0.1) is 12.4 Å². The number of nitrogens with zero attached hydrogens (tertiary/aromatic N) is 2. The molecule has 1 heterocycles. The van der Waals surface area contributed by atoms with Gasteiger partial charge in [0.05, 0.1) is 6.54 Å². The summed E-state index contributed by atoms with van der Waals surface area (Å²) in [6.07, 6.45) is 0. The quantitative estimate of drug-likeness (QED) is 0.525. The maximum Gasteiger partial charge on any atom is 0.231 e. The summed E-state index contributed by atoms with van der Waals surface area (Å²) in [7, 11) is 0. The third kappa shape index (κ3) is 5.32. The van der Waals surface area contributed by atoms with Crippen molar-refractivity contribution in [2.75, 3.05) is 12.1 Å². The molecule has 0 saturated carbocycles. The normalized spacial score (nSPS) is 12.3. The Morgan fingerprint density at radius 1 is 1.04 bits per heavy atom. The smallest absolute Gasteiger partial charge is 0.231 e. The van der Waals surface area contributed by atoms with E-state index >= 15 is 0 Å². The van der Waals surface area contributed by atoms with Gasteiger partial charge in [0.2, 0.25) is 12.8 Å². The molecule has 1 aliphatic rings. The number of nitrogens with one attached hydrogen (secondary N) is 1. The first-order valence-electron chi connectivity index (χ1n) is 7.25. The van der Waals surface area contributed by atoms with E-state index < -0.39 is 0 Å². The van der Waals surface area contributed by atoms with Gasteiger partial charge in [0.25, 0.3) is 0 Å². The summed E-state index contributed by atoms with van der Waals surface area (Å²) >= 11 is 12.0. The molecule has 0 amide bonds. The number of benzene rings is 2. The Labute approximate surface area is 166 Å². The zero-order chi connectivity index (χ0) is 17.8. The highest BCUT2D eigenvalue weighted by Crippen LogP contribution is 2.32. The highest BCUT2D eigenvalue weighted by atomic mass is 35.5. The van der Waals surface area contributed by atoms with Gasteiger partial charge >= 0.3 is 0 Å². The third-order valence-corrected chi connectivity index (χ3v) is 3.64. The van der Waals surface area contributed by atoms with E-state index in [9.17, 15) is 0 Å². The lowest BCUT2D eigenvalue weighted by Gasteiger charge is -2.08. The summed E-state index contributed by atoms with van der Waals surface area (Å²) in [5.41, 5.74) is 12.5. The highest BCUT2D eigenvalue weighted by molar-refractivity contribution is 6.35. The molecule has 1 aliphatic heterocycles. The van der Waals surface area contributed by atoms with E-state index in [0.717, 1.165) is 5.56 Å². The second-order valence-electron chi connectivity index (χ2n) is 5.15. The van der Waals surface area contributed by atoms with Gasteiger partial charge in [0, 0.05) is 15.7 Å². The fraction of sp³-hybridized carbons (Fsp3) is 0.125. The summed E-state index contributed by atoms with van der Waals surface area (Å²) in [5.74, 6) is 1.51. The fourth-order valence-corrected chi connectivity index (χ4v) is 2.71. The van der Waals surface area contributed by atoms with Crippen molar-refractivity contribution in [1.29, 1.82) is 0 Å². The predicted molar refractivity (Wildman–Crippen MR) is 107 cm³/mol. The summed E-state index contributed by atoms with van der Waals surface area (Å²) in [4.78, 5) is 8.38. The topological polar surface area (TPSA) is 107 Å². The van der Waals surface area contributed by atoms with Crippen LogP contribution in [0.1, 0.15) is 5.56 Å². The van der Waals surface area contributed by atoms with Crippen LogP contribution >= 0.6 is 35.6 Å². The molecule has 7 nitrogen and oxygen atoms in total. The van der Waals surface area contributed by atoms with Crippen molar-refractivity contribution < 1.29 is 9.47 Å². The maximum absolute atomic E-state index is 5.99. The lowest BCUT2D eigenvalue weighted by molar-refractivity contribution is 0.174. The van der Waals surface area contributed by atoms with Crippen molar-refractivity contribution in [1.82, 2.24) is 0 Å². The molecule has 0 bridgehead atoms. The van der Waals surface area contributed by atoms with Crippen molar-refractivity contribution in [3.63, 3.8) is 0 Å². The Hall–Kier alpha value is -2.35. The van der Waals surface area contributed by atoms with E-state index in [0.29, 0.717) is 33.8 Å². The Morgan fingerprint density at radius 3 is 2.42 bits per heavy atom. The number of ether oxygens (including phenoxy) is 2. The maximum atomic E-state index is 5.99. The predicted octanol–water partition coefficient (Wildman–Crippen LogP) is 3.39. The van der Waals surface area contributed by atoms with Crippen LogP contribution in [0.5, 0.6) is 11.5 Å². The average molecular weight is 417 g/mol. The first kappa shape index (κ1) is 20.0. The lowest BCUT2D eigenvalue weighted by atomic mass is 10.2. The number of anilines is 1. The van der Waals surface area contributed by atoms with E-state index in [2.05, 4.69) is 15.3 Å². The molecule has 2 aromatic rings. The summed E-state index contributed by atoms with van der Waals surface area (Å²) in [5, 5.41) is 3.95. The highest BCUT2D eigenvalue weighted by Gasteiger charge is 2.13. The van der Waals surface area contributed by atoms with Crippen LogP contribution in [0.4, 0.5) is 5.69 Å². The van der Waals surface area contributed by atoms with Crippen LogP contribution < -0.4 is 26.3 Å². The Morgan fingerprint density at radius 2 is 1.73 bits per heavy atom. The Bertz CT molecular complexity index is 834. The van der Waals surface area contributed by atoms with Gasteiger partial charge in [-0.1, -0.05) is 29.3 Å². The van der Waals surface area contributed by atoms with Crippen molar-refractivity contribution in [2.45, 2.75) is 6.54 Å². The minimum absolute atomic E-state index is 0. The van der Waals surface area contributed by atoms with Crippen LogP contribution in [-0.4, -0.2) is 18.7 Å². The molecule has 0 aromatic heterocycles. The number of rotatable bonds is 3. The second-order valence-corrected chi connectivity index (χ2v) is 6.02. The van der Waals surface area contributed by atoms with Crippen LogP contribution in [0.2, 0.25) is 10.0 Å². The molecule has 10 heteroatoms. The number of fused-ring (bicyclic) bond motifs is 1. The van der Waals surface area contributed by atoms with Gasteiger partial charge in [-0.25, -0.2) is 4.99 Å². The molecule has 0 aliphatic carbocycles. The summed E-state index contributed by atoms with van der Waals surface area (Å²) in [6.45, 7) is 0.558. The Kier molecular flexibility index (Phi) is 6.79. The molecule has 3 rings (SSSR count). The van der Waals surface area contributed by atoms with Crippen LogP contribution in [0.15, 0.2) is 46.4 Å². The minimum Gasteiger partial charge on any atom is -0.454 e. The zero-order valence-corrected chi connectivity index (χ0v) is 15.7. The number of guanidine groups is 2. The largest absolute Gasteiger partial charge is 0.454 e. The van der Waals surface area contributed by atoms with Gasteiger partial charge in [-0.2, -0.15) is 4.99 Å². The first-order chi connectivity index (χ1) is 12.0. The molecule has 0 fully saturated rings. The molecular formula is C16H16Cl3N5O2. The molecule has 0 saturated heterocycles. The molecule has 0 spiro atoms. The summed E-state index contributed by atoms with van der Waals surface area (Å²) in [6, 6.07) is 10.6. The molecule has 138 valence electrons. The molecule has 0 atom stereocenters. The van der Waals surface area contributed by atoms with Crippen LogP contribution in [-0.2, 0) is 6.54 Å². The zero-order valence-electron chi connectivity index (χ0n) is 13.4. The third-order valence-electron chi connectivity index (χ3n) is 3.20. The molecule has 26 heavy (non-hydrogen) atoms. The van der Waals surface area contributed by atoms with E-state index in [1.165, 1.54) is 0 Å². The second kappa shape index (κ2) is 8.84. The standard InChI is InChI=1S/C16H15Cl2N5O2.ClH/c17-10-4-11(18)6-12(5-10)22-16(23-15(19)20)21-7-9-1-2-13-14(3-9)25-8-24-13;/h1-6H,7-8H2,(H5,19,20,21,22,23);1H. The van der Waals surface area contributed by atoms with E-state index in [4.69, 9.17) is 44.1 Å². The van der Waals surface area contributed by atoms with E-state index in [1.54, 1.807) is 18.2 Å². The first-order valence-corrected chi connectivity index (χ1v) is 8.01. The number of hydrogen-bond acceptors (Lipinski definition) is 3.